The highest BCUT2D eigenvalue weighted by molar-refractivity contribution is 7.25. The highest BCUT2D eigenvalue weighted by Gasteiger charge is 2.19. The highest BCUT2D eigenvalue weighted by Crippen LogP contribution is 2.43. The van der Waals surface area contributed by atoms with Crippen molar-refractivity contribution in [3.8, 4) is 56.5 Å². The molecule has 0 radical (unpaired) electrons. The number of hydrogen-bond donors (Lipinski definition) is 0. The molecule has 12 rings (SSSR count). The predicted octanol–water partition coefficient (Wildman–Crippen LogP) is 14.2. The summed E-state index contributed by atoms with van der Waals surface area (Å²) < 4.78 is 8.85. The highest BCUT2D eigenvalue weighted by atomic mass is 32.1. The molecule has 0 aliphatic carbocycles. The maximum atomic E-state index is 6.40. The number of benzene rings is 8. The Bertz CT molecular complexity index is 3560. The minimum Gasteiger partial charge on any atom is -0.456 e. The fourth-order valence-electron chi connectivity index (χ4n) is 8.42. The molecule has 0 unspecified atom stereocenters. The first-order valence-electron chi connectivity index (χ1n) is 19.3. The van der Waals surface area contributed by atoms with E-state index < -0.39 is 0 Å². The molecule has 4 aromatic heterocycles. The van der Waals surface area contributed by atoms with Gasteiger partial charge in [0.05, 0.1) is 11.2 Å². The first-order valence-corrected chi connectivity index (χ1v) is 20.1. The molecule has 5 nitrogen and oxygen atoms in total. The SMILES string of the molecule is c1ccc(-c2nc(-c3ccc(-c4ccc5nc(-c6ccccc6)c6ccc7oc8ccccc8c7c6c5c4)cc3)nc(-c3cccc4sc5ccccc5c34)n2)cc1. The van der Waals surface area contributed by atoms with Crippen LogP contribution in [0.3, 0.4) is 0 Å². The average Bonchev–Trinajstić information content (AvgIpc) is 3.88. The van der Waals surface area contributed by atoms with Gasteiger partial charge in [0, 0.05) is 69.4 Å². The number of rotatable bonds is 5. The van der Waals surface area contributed by atoms with E-state index in [1.165, 1.54) is 20.2 Å². The smallest absolute Gasteiger partial charge is 0.164 e. The number of thiophene rings is 1. The molecule has 0 saturated carbocycles. The molecule has 0 spiro atoms. The quantitative estimate of drug-likeness (QED) is 0.164. The van der Waals surface area contributed by atoms with Crippen LogP contribution in [0.25, 0.3) is 120 Å². The maximum absolute atomic E-state index is 6.40. The van der Waals surface area contributed by atoms with E-state index in [0.29, 0.717) is 17.5 Å². The molecule has 0 atom stereocenters. The molecule has 0 fully saturated rings. The van der Waals surface area contributed by atoms with E-state index in [4.69, 9.17) is 24.4 Å². The van der Waals surface area contributed by atoms with Gasteiger partial charge in [-0.15, -0.1) is 11.3 Å². The van der Waals surface area contributed by atoms with E-state index in [-0.39, 0.29) is 0 Å². The van der Waals surface area contributed by atoms with Crippen molar-refractivity contribution in [3.63, 3.8) is 0 Å². The van der Waals surface area contributed by atoms with Crippen LogP contribution in [0.5, 0.6) is 0 Å². The Morgan fingerprint density at radius 2 is 0.983 bits per heavy atom. The topological polar surface area (TPSA) is 64.7 Å². The summed E-state index contributed by atoms with van der Waals surface area (Å²) in [5.74, 6) is 1.93. The second-order valence-corrected chi connectivity index (χ2v) is 15.6. The van der Waals surface area contributed by atoms with Gasteiger partial charge < -0.3 is 4.42 Å². The summed E-state index contributed by atoms with van der Waals surface area (Å²) in [4.78, 5) is 20.6. The molecule has 0 aliphatic rings. The maximum Gasteiger partial charge on any atom is 0.164 e. The van der Waals surface area contributed by atoms with Gasteiger partial charge in [0.15, 0.2) is 17.5 Å². The summed E-state index contributed by atoms with van der Waals surface area (Å²) in [6.07, 6.45) is 0. The second-order valence-electron chi connectivity index (χ2n) is 14.5. The molecule has 6 heteroatoms. The van der Waals surface area contributed by atoms with Crippen molar-refractivity contribution >= 4 is 75.1 Å². The summed E-state index contributed by atoms with van der Waals surface area (Å²) in [6, 6.07) is 63.2. The lowest BCUT2D eigenvalue weighted by atomic mass is 9.94. The van der Waals surface area contributed by atoms with Crippen LogP contribution >= 0.6 is 11.3 Å². The van der Waals surface area contributed by atoms with Gasteiger partial charge in [-0.1, -0.05) is 140 Å². The predicted molar refractivity (Wildman–Crippen MR) is 240 cm³/mol. The minimum atomic E-state index is 0.628. The number of aromatic nitrogens is 4. The lowest BCUT2D eigenvalue weighted by Crippen LogP contribution is -2.00. The van der Waals surface area contributed by atoms with Gasteiger partial charge in [-0.25, -0.2) is 19.9 Å². The first-order chi connectivity index (χ1) is 28.7. The average molecular weight is 759 g/mol. The van der Waals surface area contributed by atoms with Gasteiger partial charge in [0.1, 0.15) is 11.2 Å². The summed E-state index contributed by atoms with van der Waals surface area (Å²) in [6.45, 7) is 0. The summed E-state index contributed by atoms with van der Waals surface area (Å²) >= 11 is 1.79. The molecule has 58 heavy (non-hydrogen) atoms. The van der Waals surface area contributed by atoms with Crippen LogP contribution in [0.15, 0.2) is 186 Å². The van der Waals surface area contributed by atoms with Crippen LogP contribution in [0.4, 0.5) is 0 Å². The van der Waals surface area contributed by atoms with Gasteiger partial charge in [0.25, 0.3) is 0 Å². The fraction of sp³-hybridized carbons (Fsp3) is 0. The zero-order chi connectivity index (χ0) is 38.2. The molecular formula is C52H30N4OS. The summed E-state index contributed by atoms with van der Waals surface area (Å²) in [5.41, 5.74) is 9.76. The van der Waals surface area contributed by atoms with Crippen molar-refractivity contribution in [1.29, 1.82) is 0 Å². The Balaban J connectivity index is 1.02. The van der Waals surface area contributed by atoms with Gasteiger partial charge in [-0.3, -0.25) is 0 Å². The standard InChI is InChI=1S/C52H30N4OS/c1-3-12-32(13-4-1)49-38-27-29-43-48(36-16-7-9-19-42(36)57-43)47(38)40-30-35(26-28-41(40)53-49)31-22-24-34(25-23-31)51-54-50(33-14-5-2-6-15-33)55-52(56-51)39-18-11-21-45-46(39)37-17-8-10-20-44(37)58-45/h1-30H. The largest absolute Gasteiger partial charge is 0.456 e. The Kier molecular flexibility index (Phi) is 7.33. The molecule has 12 aromatic rings. The molecule has 0 bridgehead atoms. The Morgan fingerprint density at radius 1 is 0.345 bits per heavy atom. The number of fused-ring (bicyclic) bond motifs is 10. The van der Waals surface area contributed by atoms with Crippen LogP contribution in [-0.2, 0) is 0 Å². The van der Waals surface area contributed by atoms with Gasteiger partial charge in [-0.05, 0) is 53.6 Å². The molecule has 0 saturated heterocycles. The normalized spacial score (nSPS) is 11.8. The van der Waals surface area contributed by atoms with E-state index in [1.54, 1.807) is 11.3 Å². The molecule has 0 amide bonds. The van der Waals surface area contributed by atoms with Crippen LogP contribution in [0.1, 0.15) is 0 Å². The molecule has 0 aliphatic heterocycles. The fourth-order valence-corrected chi connectivity index (χ4v) is 9.55. The van der Waals surface area contributed by atoms with Gasteiger partial charge in [-0.2, -0.15) is 0 Å². The van der Waals surface area contributed by atoms with E-state index in [2.05, 4.69) is 133 Å². The molecular weight excluding hydrogens is 729 g/mol. The third-order valence-electron chi connectivity index (χ3n) is 11.1. The number of nitrogens with zero attached hydrogens (tertiary/aromatic N) is 4. The monoisotopic (exact) mass is 758 g/mol. The van der Waals surface area contributed by atoms with E-state index in [9.17, 15) is 0 Å². The Hall–Kier alpha value is -7.54. The number of pyridine rings is 1. The van der Waals surface area contributed by atoms with Crippen LogP contribution in [0.2, 0.25) is 0 Å². The van der Waals surface area contributed by atoms with Crippen molar-refractivity contribution in [2.45, 2.75) is 0 Å². The Labute approximate surface area is 336 Å². The van der Waals surface area contributed by atoms with Crippen LogP contribution in [0, 0.1) is 0 Å². The van der Waals surface area contributed by atoms with Crippen molar-refractivity contribution in [2.24, 2.45) is 0 Å². The van der Waals surface area contributed by atoms with Crippen LogP contribution < -0.4 is 0 Å². The molecule has 4 heterocycles. The van der Waals surface area contributed by atoms with E-state index in [1.807, 2.05) is 48.5 Å². The molecule has 8 aromatic carbocycles. The zero-order valence-electron chi connectivity index (χ0n) is 30.9. The second kappa shape index (κ2) is 13.0. The number of para-hydroxylation sites is 1. The van der Waals surface area contributed by atoms with Crippen molar-refractivity contribution in [3.05, 3.63) is 182 Å². The lowest BCUT2D eigenvalue weighted by molar-refractivity contribution is 0.669. The van der Waals surface area contributed by atoms with Crippen molar-refractivity contribution in [1.82, 2.24) is 19.9 Å². The van der Waals surface area contributed by atoms with E-state index in [0.717, 1.165) is 82.7 Å². The Morgan fingerprint density at radius 3 is 1.79 bits per heavy atom. The van der Waals surface area contributed by atoms with Crippen molar-refractivity contribution in [2.75, 3.05) is 0 Å². The summed E-state index contributed by atoms with van der Waals surface area (Å²) in [7, 11) is 0. The molecule has 0 N–H and O–H groups in total. The van der Waals surface area contributed by atoms with Gasteiger partial charge in [0.2, 0.25) is 0 Å². The van der Waals surface area contributed by atoms with Gasteiger partial charge >= 0.3 is 0 Å². The first kappa shape index (κ1) is 32.7. The van der Waals surface area contributed by atoms with E-state index >= 15 is 0 Å². The lowest BCUT2D eigenvalue weighted by Gasteiger charge is -2.13. The zero-order valence-corrected chi connectivity index (χ0v) is 31.7. The number of hydrogen-bond acceptors (Lipinski definition) is 6. The summed E-state index contributed by atoms with van der Waals surface area (Å²) in [5, 5.41) is 7.90. The minimum absolute atomic E-state index is 0.628. The third-order valence-corrected chi connectivity index (χ3v) is 12.3. The van der Waals surface area contributed by atoms with Crippen molar-refractivity contribution < 1.29 is 4.42 Å². The van der Waals surface area contributed by atoms with Crippen LogP contribution in [-0.4, -0.2) is 19.9 Å². The third kappa shape index (κ3) is 5.23. The number of furan rings is 1. The molecule has 270 valence electrons.